The first-order chi connectivity index (χ1) is 15.6. The predicted octanol–water partition coefficient (Wildman–Crippen LogP) is 2.26. The molecule has 2 aromatic rings. The van der Waals surface area contributed by atoms with Crippen molar-refractivity contribution in [3.63, 3.8) is 0 Å². The van der Waals surface area contributed by atoms with E-state index in [0.29, 0.717) is 24.5 Å². The first kappa shape index (κ1) is 24.7. The van der Waals surface area contributed by atoms with Crippen LogP contribution < -0.4 is 5.32 Å². The third kappa shape index (κ3) is 5.72. The number of nitrogens with one attached hydrogen (secondary N) is 1. The summed E-state index contributed by atoms with van der Waals surface area (Å²) >= 11 is 5.87. The number of halogens is 1. The van der Waals surface area contributed by atoms with Gasteiger partial charge in [-0.2, -0.15) is 0 Å². The number of carbonyl (C=O) groups excluding carboxylic acids is 3. The van der Waals surface area contributed by atoms with Crippen molar-refractivity contribution in [2.75, 3.05) is 26.2 Å². The number of nitrogens with zero attached hydrogens (tertiary/aromatic N) is 2. The Hall–Kier alpha value is -2.91. The summed E-state index contributed by atoms with van der Waals surface area (Å²) in [5, 5.41) is 1.02. The molecule has 3 amide bonds. The smallest absolute Gasteiger partial charge is 0.261 e. The Labute approximate surface area is 198 Å². The van der Waals surface area contributed by atoms with Crippen LogP contribution in [0.3, 0.4) is 0 Å². The van der Waals surface area contributed by atoms with Gasteiger partial charge in [-0.15, -0.1) is 0 Å². The predicted molar refractivity (Wildman–Crippen MR) is 125 cm³/mol. The monoisotopic (exact) mass is 491 g/mol. The second kappa shape index (κ2) is 10.4. The molecule has 0 bridgehead atoms. The van der Waals surface area contributed by atoms with E-state index in [1.807, 2.05) is 6.92 Å². The Morgan fingerprint density at radius 3 is 2.03 bits per heavy atom. The molecule has 10 heteroatoms. The van der Waals surface area contributed by atoms with Crippen LogP contribution in [0.1, 0.15) is 29.3 Å². The first-order valence-electron chi connectivity index (χ1n) is 10.6. The summed E-state index contributed by atoms with van der Waals surface area (Å²) in [6.07, 6.45) is 0.357. The molecule has 2 aromatic carbocycles. The molecule has 0 saturated carbocycles. The van der Waals surface area contributed by atoms with Crippen LogP contribution in [-0.2, 0) is 19.4 Å². The maximum Gasteiger partial charge on any atom is 0.261 e. The zero-order valence-electron chi connectivity index (χ0n) is 18.5. The van der Waals surface area contributed by atoms with Gasteiger partial charge in [-0.05, 0) is 43.3 Å². The highest BCUT2D eigenvalue weighted by Gasteiger charge is 2.39. The summed E-state index contributed by atoms with van der Waals surface area (Å²) in [6, 6.07) is 12.0. The van der Waals surface area contributed by atoms with Crippen LogP contribution in [-0.4, -0.2) is 67.5 Å². The molecular weight excluding hydrogens is 466 g/mol. The van der Waals surface area contributed by atoms with E-state index >= 15 is 0 Å². The summed E-state index contributed by atoms with van der Waals surface area (Å²) < 4.78 is 26.8. The molecule has 1 heterocycles. The molecule has 3 rings (SSSR count). The van der Waals surface area contributed by atoms with Gasteiger partial charge in [0.1, 0.15) is 0 Å². The molecule has 176 valence electrons. The topological polar surface area (TPSA) is 104 Å². The minimum atomic E-state index is -4.24. The molecule has 0 radical (unpaired) electrons. The fourth-order valence-electron chi connectivity index (χ4n) is 3.51. The van der Waals surface area contributed by atoms with Crippen molar-refractivity contribution in [3.05, 3.63) is 64.7 Å². The largest absolute Gasteiger partial charge is 0.339 e. The molecule has 0 aromatic heterocycles. The van der Waals surface area contributed by atoms with Crippen molar-refractivity contribution >= 4 is 39.2 Å². The fraction of sp³-hybridized carbons (Fsp3) is 0.348. The number of rotatable bonds is 6. The van der Waals surface area contributed by atoms with Gasteiger partial charge in [0.15, 0.2) is 0 Å². The summed E-state index contributed by atoms with van der Waals surface area (Å²) in [5.41, 5.74) is 1.04. The average Bonchev–Trinajstić information content (AvgIpc) is 2.82. The quantitative estimate of drug-likeness (QED) is 0.667. The van der Waals surface area contributed by atoms with E-state index < -0.39 is 27.0 Å². The summed E-state index contributed by atoms with van der Waals surface area (Å²) in [4.78, 5) is 41.1. The van der Waals surface area contributed by atoms with Crippen molar-refractivity contribution in [3.8, 4) is 0 Å². The van der Waals surface area contributed by atoms with Gasteiger partial charge >= 0.3 is 0 Å². The summed E-state index contributed by atoms with van der Waals surface area (Å²) in [7, 11) is -4.24. The second-order valence-corrected chi connectivity index (χ2v) is 10.2. The molecule has 0 spiro atoms. The molecule has 1 saturated heterocycles. The Balaban J connectivity index is 1.88. The summed E-state index contributed by atoms with van der Waals surface area (Å²) in [5.74, 6) is -1.47. The van der Waals surface area contributed by atoms with Crippen LogP contribution >= 0.6 is 11.6 Å². The SMILES string of the molecule is CCC(=O)N1CCN(C(=O)[C@H](NC(=O)c2ccc(Cl)cc2)S(=O)(=O)c2ccc(C)cc2)CC1. The zero-order valence-corrected chi connectivity index (χ0v) is 20.0. The maximum atomic E-state index is 13.4. The van der Waals surface area contributed by atoms with E-state index in [0.717, 1.165) is 5.56 Å². The van der Waals surface area contributed by atoms with E-state index in [2.05, 4.69) is 5.32 Å². The van der Waals surface area contributed by atoms with Gasteiger partial charge in [-0.3, -0.25) is 14.4 Å². The van der Waals surface area contributed by atoms with Crippen molar-refractivity contribution in [2.24, 2.45) is 0 Å². The zero-order chi connectivity index (χ0) is 24.2. The van der Waals surface area contributed by atoms with Crippen LogP contribution in [0.4, 0.5) is 0 Å². The Kier molecular flexibility index (Phi) is 7.76. The highest BCUT2D eigenvalue weighted by atomic mass is 35.5. The van der Waals surface area contributed by atoms with Gasteiger partial charge in [-0.1, -0.05) is 36.2 Å². The van der Waals surface area contributed by atoms with Crippen molar-refractivity contribution < 1.29 is 22.8 Å². The second-order valence-electron chi connectivity index (χ2n) is 7.78. The molecule has 8 nitrogen and oxygen atoms in total. The maximum absolute atomic E-state index is 13.4. The highest BCUT2D eigenvalue weighted by Crippen LogP contribution is 2.19. The normalized spacial score (nSPS) is 15.1. The molecule has 0 unspecified atom stereocenters. The lowest BCUT2D eigenvalue weighted by Crippen LogP contribution is -2.57. The number of aryl methyl sites for hydroxylation is 1. The Morgan fingerprint density at radius 2 is 1.48 bits per heavy atom. The number of hydrogen-bond acceptors (Lipinski definition) is 5. The standard InChI is InChI=1S/C23H26ClN3O5S/c1-3-20(28)26-12-14-27(15-13-26)23(30)22(25-21(29)17-6-8-18(24)9-7-17)33(31,32)19-10-4-16(2)5-11-19/h4-11,22H,3,12-15H2,1-2H3,(H,25,29)/t22-/m1/s1. The van der Waals surface area contributed by atoms with Crippen LogP contribution in [0.15, 0.2) is 53.4 Å². The van der Waals surface area contributed by atoms with Gasteiger partial charge in [0.05, 0.1) is 4.90 Å². The third-order valence-corrected chi connectivity index (χ3v) is 7.62. The van der Waals surface area contributed by atoms with Crippen molar-refractivity contribution in [1.82, 2.24) is 15.1 Å². The molecule has 1 atom stereocenters. The Bertz CT molecular complexity index is 1130. The Morgan fingerprint density at radius 1 is 0.939 bits per heavy atom. The third-order valence-electron chi connectivity index (χ3n) is 5.50. The lowest BCUT2D eigenvalue weighted by molar-refractivity contribution is -0.139. The minimum absolute atomic E-state index is 0.0260. The first-order valence-corrected chi connectivity index (χ1v) is 12.5. The van der Waals surface area contributed by atoms with E-state index in [9.17, 15) is 22.8 Å². The number of benzene rings is 2. The van der Waals surface area contributed by atoms with Crippen LogP contribution in [0.25, 0.3) is 0 Å². The van der Waals surface area contributed by atoms with Gasteiger partial charge in [0.25, 0.3) is 11.8 Å². The molecular formula is C23H26ClN3O5S. The number of piperazine rings is 1. The number of hydrogen-bond donors (Lipinski definition) is 1. The molecule has 33 heavy (non-hydrogen) atoms. The summed E-state index contributed by atoms with van der Waals surface area (Å²) in [6.45, 7) is 4.55. The van der Waals surface area contributed by atoms with Gasteiger partial charge < -0.3 is 15.1 Å². The lowest BCUT2D eigenvalue weighted by Gasteiger charge is -2.36. The van der Waals surface area contributed by atoms with E-state index in [1.54, 1.807) is 24.0 Å². The molecule has 1 N–H and O–H groups in total. The van der Waals surface area contributed by atoms with Gasteiger partial charge in [0, 0.05) is 43.2 Å². The molecule has 1 aliphatic heterocycles. The van der Waals surface area contributed by atoms with Crippen molar-refractivity contribution in [1.29, 1.82) is 0 Å². The van der Waals surface area contributed by atoms with E-state index in [-0.39, 0.29) is 29.5 Å². The lowest BCUT2D eigenvalue weighted by atomic mass is 10.2. The van der Waals surface area contributed by atoms with Crippen LogP contribution in [0.5, 0.6) is 0 Å². The highest BCUT2D eigenvalue weighted by molar-refractivity contribution is 7.92. The average molecular weight is 492 g/mol. The van der Waals surface area contributed by atoms with Crippen LogP contribution in [0, 0.1) is 6.92 Å². The fourth-order valence-corrected chi connectivity index (χ4v) is 5.10. The van der Waals surface area contributed by atoms with E-state index in [1.165, 1.54) is 41.3 Å². The molecule has 1 fully saturated rings. The van der Waals surface area contributed by atoms with Crippen LogP contribution in [0.2, 0.25) is 5.02 Å². The van der Waals surface area contributed by atoms with Gasteiger partial charge in [-0.25, -0.2) is 8.42 Å². The van der Waals surface area contributed by atoms with Crippen molar-refractivity contribution in [2.45, 2.75) is 30.5 Å². The number of carbonyl (C=O) groups is 3. The molecule has 1 aliphatic rings. The molecule has 0 aliphatic carbocycles. The number of amides is 3. The van der Waals surface area contributed by atoms with E-state index in [4.69, 9.17) is 11.6 Å². The number of sulfone groups is 1. The minimum Gasteiger partial charge on any atom is -0.339 e. The van der Waals surface area contributed by atoms with Gasteiger partial charge in [0.2, 0.25) is 21.1 Å².